The molecule has 0 atom stereocenters. The van der Waals surface area contributed by atoms with Gasteiger partial charge in [-0.2, -0.15) is 0 Å². The van der Waals surface area contributed by atoms with Gasteiger partial charge in [-0.05, 0) is 36.4 Å². The molecule has 3 nitrogen and oxygen atoms in total. The summed E-state index contributed by atoms with van der Waals surface area (Å²) in [4.78, 5) is 17.1. The number of nitrogens with zero attached hydrogens (tertiary/aromatic N) is 1. The van der Waals surface area contributed by atoms with Gasteiger partial charge < -0.3 is 9.88 Å². The van der Waals surface area contributed by atoms with Gasteiger partial charge in [-0.1, -0.05) is 18.9 Å². The molecule has 1 heterocycles. The van der Waals surface area contributed by atoms with Crippen molar-refractivity contribution in [3.63, 3.8) is 0 Å². The fraction of sp³-hybridized carbons (Fsp3) is 0.400. The van der Waals surface area contributed by atoms with Crippen molar-refractivity contribution in [2.24, 2.45) is 0 Å². The summed E-state index contributed by atoms with van der Waals surface area (Å²) >= 11 is 0. The molecule has 1 N–H and O–H groups in total. The second-order valence-electron chi connectivity index (χ2n) is 5.08. The lowest BCUT2D eigenvalue weighted by Gasteiger charge is -2.28. The van der Waals surface area contributed by atoms with E-state index in [1.165, 1.54) is 18.2 Å². The van der Waals surface area contributed by atoms with Gasteiger partial charge in [0, 0.05) is 30.4 Å². The fourth-order valence-corrected chi connectivity index (χ4v) is 3.00. The maximum Gasteiger partial charge on any atom is 0.224 e. The Bertz CT molecular complexity index is 567. The molecule has 1 saturated carbocycles. The van der Waals surface area contributed by atoms with E-state index in [2.05, 4.69) is 23.2 Å². The van der Waals surface area contributed by atoms with Crippen molar-refractivity contribution >= 4 is 22.5 Å². The van der Waals surface area contributed by atoms with E-state index in [4.69, 9.17) is 0 Å². The number of carbonyl (C=O) groups is 1. The number of nitrogens with one attached hydrogen (secondary N) is 1. The van der Waals surface area contributed by atoms with E-state index in [1.54, 1.807) is 6.92 Å². The number of hydrogen-bond donors (Lipinski definition) is 1. The maximum absolute atomic E-state index is 11.9. The zero-order valence-corrected chi connectivity index (χ0v) is 10.6. The smallest absolute Gasteiger partial charge is 0.224 e. The fourth-order valence-electron chi connectivity index (χ4n) is 3.00. The van der Waals surface area contributed by atoms with Crippen LogP contribution in [0, 0.1) is 0 Å². The molecule has 0 unspecified atom stereocenters. The van der Waals surface area contributed by atoms with E-state index in [1.807, 2.05) is 17.2 Å². The van der Waals surface area contributed by atoms with Crippen LogP contribution in [0.5, 0.6) is 0 Å². The molecule has 18 heavy (non-hydrogen) atoms. The molecule has 1 aliphatic carbocycles. The van der Waals surface area contributed by atoms with Crippen LogP contribution < -0.4 is 4.90 Å². The molecule has 0 spiro atoms. The van der Waals surface area contributed by atoms with Gasteiger partial charge in [-0.3, -0.25) is 4.79 Å². The SMILES string of the molecule is CC(=O)N(c1ccc2cc[nH]c2c1)C1CCCC1. The molecule has 0 bridgehead atoms. The lowest BCUT2D eigenvalue weighted by atomic mass is 10.1. The molecule has 1 aromatic carbocycles. The van der Waals surface area contributed by atoms with E-state index in [9.17, 15) is 4.79 Å². The minimum absolute atomic E-state index is 0.146. The lowest BCUT2D eigenvalue weighted by Crippen LogP contribution is -2.37. The summed E-state index contributed by atoms with van der Waals surface area (Å²) in [6.45, 7) is 1.66. The van der Waals surface area contributed by atoms with Crippen molar-refractivity contribution in [1.82, 2.24) is 4.98 Å². The third kappa shape index (κ3) is 1.90. The Labute approximate surface area is 107 Å². The summed E-state index contributed by atoms with van der Waals surface area (Å²) in [5, 5.41) is 1.19. The Hall–Kier alpha value is -1.77. The molecule has 1 aromatic heterocycles. The third-order valence-electron chi connectivity index (χ3n) is 3.85. The predicted molar refractivity (Wildman–Crippen MR) is 73.7 cm³/mol. The lowest BCUT2D eigenvalue weighted by molar-refractivity contribution is -0.117. The summed E-state index contributed by atoms with van der Waals surface area (Å²) in [7, 11) is 0. The Morgan fingerprint density at radius 2 is 2.06 bits per heavy atom. The molecule has 0 aliphatic heterocycles. The van der Waals surface area contributed by atoms with Gasteiger partial charge in [0.25, 0.3) is 0 Å². The molecule has 94 valence electrons. The molecule has 2 aromatic rings. The van der Waals surface area contributed by atoms with Gasteiger partial charge in [0.1, 0.15) is 0 Å². The van der Waals surface area contributed by atoms with Crippen molar-refractivity contribution in [3.8, 4) is 0 Å². The first-order valence-corrected chi connectivity index (χ1v) is 6.62. The van der Waals surface area contributed by atoms with Gasteiger partial charge in [-0.15, -0.1) is 0 Å². The topological polar surface area (TPSA) is 36.1 Å². The van der Waals surface area contributed by atoms with Crippen LogP contribution in [0.25, 0.3) is 10.9 Å². The van der Waals surface area contributed by atoms with Crippen LogP contribution >= 0.6 is 0 Å². The molecule has 1 amide bonds. The van der Waals surface area contributed by atoms with Crippen LogP contribution in [-0.4, -0.2) is 16.9 Å². The number of anilines is 1. The number of H-pyrrole nitrogens is 1. The quantitative estimate of drug-likeness (QED) is 0.860. The Kier molecular flexibility index (Phi) is 2.82. The molecular weight excluding hydrogens is 224 g/mol. The first-order chi connectivity index (χ1) is 8.75. The average Bonchev–Trinajstić information content (AvgIpc) is 2.98. The van der Waals surface area contributed by atoms with Crippen molar-refractivity contribution in [2.45, 2.75) is 38.6 Å². The van der Waals surface area contributed by atoms with Crippen LogP contribution in [0.1, 0.15) is 32.6 Å². The summed E-state index contributed by atoms with van der Waals surface area (Å²) < 4.78 is 0. The largest absolute Gasteiger partial charge is 0.361 e. The van der Waals surface area contributed by atoms with Crippen molar-refractivity contribution in [3.05, 3.63) is 30.5 Å². The van der Waals surface area contributed by atoms with Crippen LogP contribution in [0.15, 0.2) is 30.5 Å². The van der Waals surface area contributed by atoms with Gasteiger partial charge >= 0.3 is 0 Å². The molecule has 0 radical (unpaired) electrons. The highest BCUT2D eigenvalue weighted by molar-refractivity contribution is 5.95. The number of carbonyl (C=O) groups excluding carboxylic acids is 1. The number of aromatic amines is 1. The first kappa shape index (κ1) is 11.3. The molecule has 1 aliphatic rings. The van der Waals surface area contributed by atoms with Gasteiger partial charge in [-0.25, -0.2) is 0 Å². The van der Waals surface area contributed by atoms with Crippen molar-refractivity contribution in [2.75, 3.05) is 4.90 Å². The molecular formula is C15H18N2O. The van der Waals surface area contributed by atoms with E-state index in [0.29, 0.717) is 6.04 Å². The first-order valence-electron chi connectivity index (χ1n) is 6.62. The van der Waals surface area contributed by atoms with E-state index < -0.39 is 0 Å². The van der Waals surface area contributed by atoms with Gasteiger partial charge in [0.15, 0.2) is 0 Å². The Morgan fingerprint density at radius 1 is 1.28 bits per heavy atom. The third-order valence-corrected chi connectivity index (χ3v) is 3.85. The average molecular weight is 242 g/mol. The zero-order valence-electron chi connectivity index (χ0n) is 10.6. The minimum atomic E-state index is 0.146. The number of rotatable bonds is 2. The summed E-state index contributed by atoms with van der Waals surface area (Å²) in [6.07, 6.45) is 6.66. The van der Waals surface area contributed by atoms with E-state index >= 15 is 0 Å². The van der Waals surface area contributed by atoms with E-state index in [-0.39, 0.29) is 5.91 Å². The Morgan fingerprint density at radius 3 is 2.78 bits per heavy atom. The van der Waals surface area contributed by atoms with Crippen LogP contribution in [0.4, 0.5) is 5.69 Å². The monoisotopic (exact) mass is 242 g/mol. The number of benzene rings is 1. The number of aromatic nitrogens is 1. The van der Waals surface area contributed by atoms with Gasteiger partial charge in [0.05, 0.1) is 0 Å². The molecule has 1 fully saturated rings. The maximum atomic E-state index is 11.9. The van der Waals surface area contributed by atoms with Crippen LogP contribution in [-0.2, 0) is 4.79 Å². The number of fused-ring (bicyclic) bond motifs is 1. The highest BCUT2D eigenvalue weighted by atomic mass is 16.2. The summed E-state index contributed by atoms with van der Waals surface area (Å²) in [5.41, 5.74) is 2.11. The normalized spacial score (nSPS) is 16.3. The standard InChI is InChI=1S/C15H18N2O/c1-11(18)17(13-4-2-3-5-13)14-7-6-12-8-9-16-15(12)10-14/h6-10,13,16H,2-5H2,1H3. The van der Waals surface area contributed by atoms with Crippen LogP contribution in [0.2, 0.25) is 0 Å². The zero-order chi connectivity index (χ0) is 12.5. The molecule has 3 heteroatoms. The number of hydrogen-bond acceptors (Lipinski definition) is 1. The van der Waals surface area contributed by atoms with E-state index in [0.717, 1.165) is 24.0 Å². The predicted octanol–water partition coefficient (Wildman–Crippen LogP) is 3.46. The number of amides is 1. The highest BCUT2D eigenvalue weighted by Gasteiger charge is 2.25. The summed E-state index contributed by atoms with van der Waals surface area (Å²) in [6, 6.07) is 8.64. The highest BCUT2D eigenvalue weighted by Crippen LogP contribution is 2.30. The molecule has 0 saturated heterocycles. The van der Waals surface area contributed by atoms with Crippen LogP contribution in [0.3, 0.4) is 0 Å². The second kappa shape index (κ2) is 4.48. The van der Waals surface area contributed by atoms with Crippen molar-refractivity contribution in [1.29, 1.82) is 0 Å². The minimum Gasteiger partial charge on any atom is -0.361 e. The Balaban J connectivity index is 2.00. The molecule has 3 rings (SSSR count). The van der Waals surface area contributed by atoms with Crippen molar-refractivity contribution < 1.29 is 4.79 Å². The van der Waals surface area contributed by atoms with Gasteiger partial charge in [0.2, 0.25) is 5.91 Å². The second-order valence-corrected chi connectivity index (χ2v) is 5.08. The summed E-state index contributed by atoms with van der Waals surface area (Å²) in [5.74, 6) is 0.146.